The van der Waals surface area contributed by atoms with Crippen LogP contribution in [-0.2, 0) is 20.7 Å². The minimum absolute atomic E-state index is 0.0605. The monoisotopic (exact) mass is 363 g/mol. The van der Waals surface area contributed by atoms with E-state index in [-0.39, 0.29) is 29.0 Å². The van der Waals surface area contributed by atoms with Gasteiger partial charge in [0.25, 0.3) is 5.91 Å². The first-order valence-corrected chi connectivity index (χ1v) is 8.23. The molecule has 132 valence electrons. The van der Waals surface area contributed by atoms with Crippen molar-refractivity contribution in [2.24, 2.45) is 0 Å². The molecule has 4 nitrogen and oxygen atoms in total. The lowest BCUT2D eigenvalue weighted by molar-refractivity contribution is -0.147. The number of hydrogen-bond acceptors (Lipinski definition) is 3. The maximum absolute atomic E-state index is 13.7. The third-order valence-electron chi connectivity index (χ3n) is 3.56. The second kappa shape index (κ2) is 8.62. The molecule has 0 atom stereocenters. The second-order valence-corrected chi connectivity index (χ2v) is 6.14. The zero-order valence-corrected chi connectivity index (χ0v) is 14.8. The van der Waals surface area contributed by atoms with E-state index in [1.165, 1.54) is 18.2 Å². The van der Waals surface area contributed by atoms with Gasteiger partial charge in [0.15, 0.2) is 6.61 Å². The fourth-order valence-corrected chi connectivity index (χ4v) is 2.66. The van der Waals surface area contributed by atoms with E-state index in [4.69, 9.17) is 16.3 Å². The number of halogens is 2. The first-order chi connectivity index (χ1) is 11.9. The van der Waals surface area contributed by atoms with E-state index >= 15 is 0 Å². The molecular weight excluding hydrogens is 345 g/mol. The van der Waals surface area contributed by atoms with Crippen molar-refractivity contribution in [2.75, 3.05) is 11.5 Å². The van der Waals surface area contributed by atoms with Gasteiger partial charge in [0.05, 0.1) is 6.42 Å². The van der Waals surface area contributed by atoms with Gasteiger partial charge in [-0.05, 0) is 38.1 Å². The minimum atomic E-state index is -0.711. The lowest BCUT2D eigenvalue weighted by Gasteiger charge is -2.26. The quantitative estimate of drug-likeness (QED) is 0.728. The highest BCUT2D eigenvalue weighted by Gasteiger charge is 2.21. The van der Waals surface area contributed by atoms with Crippen molar-refractivity contribution in [3.8, 4) is 0 Å². The number of para-hydroxylation sites is 1. The molecule has 0 aliphatic carbocycles. The summed E-state index contributed by atoms with van der Waals surface area (Å²) in [4.78, 5) is 25.9. The van der Waals surface area contributed by atoms with Crippen LogP contribution < -0.4 is 4.90 Å². The molecule has 6 heteroatoms. The molecule has 0 spiro atoms. The Morgan fingerprint density at radius 3 is 2.40 bits per heavy atom. The molecule has 0 aliphatic heterocycles. The summed E-state index contributed by atoms with van der Waals surface area (Å²) in [6.45, 7) is 3.32. The Hall–Kier alpha value is -2.40. The standard InChI is InChI=1S/C19H19ClFNO3/c1-13(2)22(14-7-4-3-5-8-14)18(23)12-25-19(24)11-15-16(20)9-6-10-17(15)21/h3-10,13H,11-12H2,1-2H3. The molecule has 0 saturated heterocycles. The molecular formula is C19H19ClFNO3. The van der Waals surface area contributed by atoms with Crippen molar-refractivity contribution in [1.29, 1.82) is 0 Å². The molecule has 0 fully saturated rings. The fraction of sp³-hybridized carbons (Fsp3) is 0.263. The molecule has 0 aliphatic rings. The van der Waals surface area contributed by atoms with Gasteiger partial charge in [0.1, 0.15) is 5.82 Å². The number of nitrogens with zero attached hydrogens (tertiary/aromatic N) is 1. The van der Waals surface area contributed by atoms with Crippen LogP contribution in [0.3, 0.4) is 0 Å². The molecule has 0 heterocycles. The zero-order valence-electron chi connectivity index (χ0n) is 14.0. The number of hydrogen-bond donors (Lipinski definition) is 0. The van der Waals surface area contributed by atoms with Gasteiger partial charge in [0.2, 0.25) is 0 Å². The van der Waals surface area contributed by atoms with Crippen LogP contribution in [0.4, 0.5) is 10.1 Å². The minimum Gasteiger partial charge on any atom is -0.455 e. The number of benzene rings is 2. The summed E-state index contributed by atoms with van der Waals surface area (Å²) in [7, 11) is 0. The molecule has 0 unspecified atom stereocenters. The maximum atomic E-state index is 13.7. The van der Waals surface area contributed by atoms with Gasteiger partial charge in [-0.3, -0.25) is 9.59 Å². The third kappa shape index (κ3) is 5.03. The smallest absolute Gasteiger partial charge is 0.310 e. The highest BCUT2D eigenvalue weighted by atomic mass is 35.5. The van der Waals surface area contributed by atoms with E-state index in [0.717, 1.165) is 5.69 Å². The Morgan fingerprint density at radius 1 is 1.12 bits per heavy atom. The topological polar surface area (TPSA) is 46.6 Å². The number of ether oxygens (including phenoxy) is 1. The summed E-state index contributed by atoms with van der Waals surface area (Å²) in [6, 6.07) is 13.2. The van der Waals surface area contributed by atoms with Gasteiger partial charge in [-0.1, -0.05) is 35.9 Å². The Morgan fingerprint density at radius 2 is 1.80 bits per heavy atom. The van der Waals surface area contributed by atoms with Crippen LogP contribution in [0.15, 0.2) is 48.5 Å². The predicted molar refractivity (Wildman–Crippen MR) is 95.1 cm³/mol. The highest BCUT2D eigenvalue weighted by Crippen LogP contribution is 2.20. The Bertz CT molecular complexity index is 729. The predicted octanol–water partition coefficient (Wildman–Crippen LogP) is 4.01. The molecule has 2 rings (SSSR count). The van der Waals surface area contributed by atoms with Crippen LogP contribution >= 0.6 is 11.6 Å². The van der Waals surface area contributed by atoms with Gasteiger partial charge in [-0.25, -0.2) is 4.39 Å². The average molecular weight is 364 g/mol. The van der Waals surface area contributed by atoms with Crippen LogP contribution in [0.5, 0.6) is 0 Å². The van der Waals surface area contributed by atoms with Gasteiger partial charge in [-0.2, -0.15) is 0 Å². The molecule has 0 bridgehead atoms. The molecule has 2 aromatic rings. The van der Waals surface area contributed by atoms with Gasteiger partial charge in [0, 0.05) is 22.3 Å². The van der Waals surface area contributed by atoms with Gasteiger partial charge < -0.3 is 9.64 Å². The maximum Gasteiger partial charge on any atom is 0.310 e. The van der Waals surface area contributed by atoms with Crippen LogP contribution in [0.2, 0.25) is 5.02 Å². The van der Waals surface area contributed by atoms with Crippen LogP contribution in [0.1, 0.15) is 19.4 Å². The van der Waals surface area contributed by atoms with E-state index in [9.17, 15) is 14.0 Å². The summed E-state index contributed by atoms with van der Waals surface area (Å²) in [5, 5.41) is 0.149. The first-order valence-electron chi connectivity index (χ1n) is 7.85. The van der Waals surface area contributed by atoms with Crippen molar-refractivity contribution in [3.05, 3.63) is 64.9 Å². The zero-order chi connectivity index (χ0) is 18.4. The summed E-state index contributed by atoms with van der Waals surface area (Å²) < 4.78 is 18.7. The average Bonchev–Trinajstić information content (AvgIpc) is 2.57. The summed E-state index contributed by atoms with van der Waals surface area (Å²) in [5.41, 5.74) is 0.779. The van der Waals surface area contributed by atoms with Crippen LogP contribution in [-0.4, -0.2) is 24.5 Å². The lowest BCUT2D eigenvalue weighted by atomic mass is 10.1. The SMILES string of the molecule is CC(C)N(C(=O)COC(=O)Cc1c(F)cccc1Cl)c1ccccc1. The molecule has 0 aromatic heterocycles. The number of carbonyl (C=O) groups excluding carboxylic acids is 2. The van der Waals surface area contributed by atoms with Crippen LogP contribution in [0, 0.1) is 5.82 Å². The Kier molecular flexibility index (Phi) is 6.53. The Balaban J connectivity index is 1.99. The number of rotatable bonds is 6. The molecule has 1 amide bonds. The second-order valence-electron chi connectivity index (χ2n) is 5.73. The highest BCUT2D eigenvalue weighted by molar-refractivity contribution is 6.31. The summed E-state index contributed by atoms with van der Waals surface area (Å²) in [6.07, 6.45) is -0.328. The van der Waals surface area contributed by atoms with Gasteiger partial charge >= 0.3 is 5.97 Å². The van der Waals surface area contributed by atoms with Crippen molar-refractivity contribution in [3.63, 3.8) is 0 Å². The van der Waals surface area contributed by atoms with Crippen molar-refractivity contribution >= 4 is 29.2 Å². The number of amides is 1. The van der Waals surface area contributed by atoms with Crippen LogP contribution in [0.25, 0.3) is 0 Å². The number of carbonyl (C=O) groups is 2. The third-order valence-corrected chi connectivity index (χ3v) is 3.91. The van der Waals surface area contributed by atoms with Crippen molar-refractivity contribution < 1.29 is 18.7 Å². The number of anilines is 1. The van der Waals surface area contributed by atoms with E-state index in [0.29, 0.717) is 0 Å². The van der Waals surface area contributed by atoms with Crippen molar-refractivity contribution in [2.45, 2.75) is 26.3 Å². The Labute approximate surface area is 151 Å². The van der Waals surface area contributed by atoms with Gasteiger partial charge in [-0.15, -0.1) is 0 Å². The molecule has 25 heavy (non-hydrogen) atoms. The normalized spacial score (nSPS) is 10.6. The van der Waals surface area contributed by atoms with Crippen molar-refractivity contribution in [1.82, 2.24) is 0 Å². The number of esters is 1. The van der Waals surface area contributed by atoms with E-state index in [1.807, 2.05) is 32.0 Å². The largest absolute Gasteiger partial charge is 0.455 e. The molecule has 0 N–H and O–H groups in total. The summed E-state index contributed by atoms with van der Waals surface area (Å²) in [5.74, 6) is -1.64. The lowest BCUT2D eigenvalue weighted by Crippen LogP contribution is -2.40. The van der Waals surface area contributed by atoms with E-state index in [2.05, 4.69) is 0 Å². The fourth-order valence-electron chi connectivity index (χ4n) is 2.43. The van der Waals surface area contributed by atoms with E-state index < -0.39 is 18.4 Å². The first kappa shape index (κ1) is 18.9. The molecule has 0 saturated carbocycles. The molecule has 2 aromatic carbocycles. The molecule has 0 radical (unpaired) electrons. The summed E-state index contributed by atoms with van der Waals surface area (Å²) >= 11 is 5.89. The van der Waals surface area contributed by atoms with E-state index in [1.54, 1.807) is 17.0 Å².